The third kappa shape index (κ3) is 6.90. The molecule has 16 heavy (non-hydrogen) atoms. The normalized spacial score (nSPS) is 12.2. The minimum absolute atomic E-state index is 0.153. The van der Waals surface area contributed by atoms with Gasteiger partial charge < -0.3 is 10.0 Å². The molecule has 0 rings (SSSR count). The average molecular weight is 245 g/mol. The number of aliphatic hydroxyl groups excluding tert-OH is 1. The van der Waals surface area contributed by atoms with Crippen LogP contribution in [0.25, 0.3) is 0 Å². The molecular weight excluding hydrogens is 222 g/mol. The van der Waals surface area contributed by atoms with Crippen molar-refractivity contribution in [3.8, 4) is 0 Å². The molecule has 0 bridgehead atoms. The molecular formula is C12H23NO2S. The van der Waals surface area contributed by atoms with Crippen LogP contribution in [0.5, 0.6) is 0 Å². The molecule has 0 spiro atoms. The standard InChI is InChI=1S/C12H23NO2S/c1-5-13(8-10(2)3)12(15)9-16-11(4)6-7-14/h11,14H,2,5-9H2,1,3-4H3. The Hall–Kier alpha value is -0.480. The highest BCUT2D eigenvalue weighted by molar-refractivity contribution is 8.00. The van der Waals surface area contributed by atoms with Crippen LogP contribution in [-0.2, 0) is 4.79 Å². The summed E-state index contributed by atoms with van der Waals surface area (Å²) in [5, 5.41) is 9.09. The molecule has 0 saturated heterocycles. The molecule has 94 valence electrons. The van der Waals surface area contributed by atoms with Crippen molar-refractivity contribution in [1.82, 2.24) is 4.90 Å². The van der Waals surface area contributed by atoms with Gasteiger partial charge in [-0.3, -0.25) is 4.79 Å². The second-order valence-corrected chi connectivity index (χ2v) is 5.43. The van der Waals surface area contributed by atoms with E-state index >= 15 is 0 Å². The molecule has 0 aromatic rings. The monoisotopic (exact) mass is 245 g/mol. The number of rotatable bonds is 8. The van der Waals surface area contributed by atoms with Gasteiger partial charge in [0.25, 0.3) is 0 Å². The Morgan fingerprint density at radius 1 is 1.56 bits per heavy atom. The highest BCUT2D eigenvalue weighted by Gasteiger charge is 2.13. The molecule has 0 aliphatic carbocycles. The number of aliphatic hydroxyl groups is 1. The van der Waals surface area contributed by atoms with Crippen LogP contribution in [0.2, 0.25) is 0 Å². The lowest BCUT2D eigenvalue weighted by molar-refractivity contribution is -0.127. The fourth-order valence-corrected chi connectivity index (χ4v) is 2.15. The summed E-state index contributed by atoms with van der Waals surface area (Å²) in [6, 6.07) is 0. The number of carbonyl (C=O) groups excluding carboxylic acids is 1. The van der Waals surface area contributed by atoms with Gasteiger partial charge in [-0.05, 0) is 20.3 Å². The van der Waals surface area contributed by atoms with Crippen molar-refractivity contribution in [2.75, 3.05) is 25.4 Å². The Balaban J connectivity index is 3.97. The summed E-state index contributed by atoms with van der Waals surface area (Å²) in [7, 11) is 0. The van der Waals surface area contributed by atoms with Crippen LogP contribution in [0.15, 0.2) is 12.2 Å². The van der Waals surface area contributed by atoms with Crippen molar-refractivity contribution in [2.24, 2.45) is 0 Å². The molecule has 1 N–H and O–H groups in total. The zero-order valence-corrected chi connectivity index (χ0v) is 11.3. The van der Waals surface area contributed by atoms with Gasteiger partial charge in [-0.2, -0.15) is 0 Å². The van der Waals surface area contributed by atoms with Gasteiger partial charge in [0.1, 0.15) is 0 Å². The van der Waals surface area contributed by atoms with E-state index in [2.05, 4.69) is 6.58 Å². The first-order valence-corrected chi connectivity index (χ1v) is 6.70. The fourth-order valence-electron chi connectivity index (χ4n) is 1.27. The van der Waals surface area contributed by atoms with Crippen LogP contribution >= 0.6 is 11.8 Å². The quantitative estimate of drug-likeness (QED) is 0.664. The van der Waals surface area contributed by atoms with Crippen LogP contribution in [0.1, 0.15) is 27.2 Å². The molecule has 0 radical (unpaired) electrons. The molecule has 1 amide bonds. The van der Waals surface area contributed by atoms with Crippen molar-refractivity contribution in [3.63, 3.8) is 0 Å². The second-order valence-electron chi connectivity index (χ2n) is 4.00. The van der Waals surface area contributed by atoms with Crippen molar-refractivity contribution in [2.45, 2.75) is 32.4 Å². The molecule has 0 aromatic carbocycles. The minimum atomic E-state index is 0.153. The largest absolute Gasteiger partial charge is 0.396 e. The summed E-state index contributed by atoms with van der Waals surface area (Å²) < 4.78 is 0. The van der Waals surface area contributed by atoms with Gasteiger partial charge in [0, 0.05) is 24.9 Å². The van der Waals surface area contributed by atoms with Gasteiger partial charge in [0.15, 0.2) is 0 Å². The van der Waals surface area contributed by atoms with E-state index in [0.29, 0.717) is 17.5 Å². The third-order valence-electron chi connectivity index (χ3n) is 2.22. The number of hydrogen-bond acceptors (Lipinski definition) is 3. The highest BCUT2D eigenvalue weighted by atomic mass is 32.2. The van der Waals surface area contributed by atoms with E-state index in [1.165, 1.54) is 0 Å². The van der Waals surface area contributed by atoms with Crippen molar-refractivity contribution >= 4 is 17.7 Å². The molecule has 0 heterocycles. The lowest BCUT2D eigenvalue weighted by Crippen LogP contribution is -2.33. The van der Waals surface area contributed by atoms with E-state index in [0.717, 1.165) is 18.5 Å². The van der Waals surface area contributed by atoms with E-state index in [4.69, 9.17) is 5.11 Å². The molecule has 0 fully saturated rings. The molecule has 1 atom stereocenters. The first kappa shape index (κ1) is 15.5. The summed E-state index contributed by atoms with van der Waals surface area (Å²) in [4.78, 5) is 13.6. The zero-order chi connectivity index (χ0) is 12.6. The third-order valence-corrected chi connectivity index (χ3v) is 3.44. The number of amides is 1. The molecule has 0 aromatic heterocycles. The zero-order valence-electron chi connectivity index (χ0n) is 10.5. The molecule has 3 nitrogen and oxygen atoms in total. The predicted molar refractivity (Wildman–Crippen MR) is 70.7 cm³/mol. The van der Waals surface area contributed by atoms with Gasteiger partial charge >= 0.3 is 0 Å². The van der Waals surface area contributed by atoms with E-state index in [1.54, 1.807) is 16.7 Å². The molecule has 0 aliphatic rings. The maximum Gasteiger partial charge on any atom is 0.232 e. The summed E-state index contributed by atoms with van der Waals surface area (Å²) in [6.45, 7) is 11.3. The van der Waals surface area contributed by atoms with E-state index in [-0.39, 0.29) is 12.5 Å². The summed E-state index contributed by atoms with van der Waals surface area (Å²) in [5.74, 6) is 0.641. The minimum Gasteiger partial charge on any atom is -0.396 e. The SMILES string of the molecule is C=C(C)CN(CC)C(=O)CSC(C)CCO. The van der Waals surface area contributed by atoms with Crippen LogP contribution in [0, 0.1) is 0 Å². The number of hydrogen-bond donors (Lipinski definition) is 1. The Labute approximate surface area is 103 Å². The summed E-state index contributed by atoms with van der Waals surface area (Å²) in [6.07, 6.45) is 0.741. The molecule has 0 aliphatic heterocycles. The number of thioether (sulfide) groups is 1. The highest BCUT2D eigenvalue weighted by Crippen LogP contribution is 2.14. The lowest BCUT2D eigenvalue weighted by atomic mass is 10.3. The number of carbonyl (C=O) groups is 1. The van der Waals surface area contributed by atoms with Gasteiger partial charge in [0.05, 0.1) is 5.75 Å². The van der Waals surface area contributed by atoms with E-state index < -0.39 is 0 Å². The number of likely N-dealkylation sites (N-methyl/N-ethyl adjacent to an activating group) is 1. The molecule has 0 saturated carbocycles. The molecule has 4 heteroatoms. The van der Waals surface area contributed by atoms with E-state index in [9.17, 15) is 4.79 Å². The topological polar surface area (TPSA) is 40.5 Å². The van der Waals surface area contributed by atoms with Crippen LogP contribution in [0.4, 0.5) is 0 Å². The van der Waals surface area contributed by atoms with Crippen LogP contribution in [-0.4, -0.2) is 46.6 Å². The fraction of sp³-hybridized carbons (Fsp3) is 0.750. The lowest BCUT2D eigenvalue weighted by Gasteiger charge is -2.21. The first-order valence-electron chi connectivity index (χ1n) is 5.65. The first-order chi connectivity index (χ1) is 7.51. The average Bonchev–Trinajstić information content (AvgIpc) is 2.22. The summed E-state index contributed by atoms with van der Waals surface area (Å²) >= 11 is 1.60. The molecule has 1 unspecified atom stereocenters. The van der Waals surface area contributed by atoms with Gasteiger partial charge in [-0.25, -0.2) is 0 Å². The Morgan fingerprint density at radius 3 is 2.62 bits per heavy atom. The van der Waals surface area contributed by atoms with Crippen molar-refractivity contribution < 1.29 is 9.90 Å². The number of nitrogens with zero attached hydrogens (tertiary/aromatic N) is 1. The smallest absolute Gasteiger partial charge is 0.232 e. The van der Waals surface area contributed by atoms with Gasteiger partial charge in [-0.1, -0.05) is 19.1 Å². The Bertz CT molecular complexity index is 231. The second kappa shape index (κ2) is 8.65. The van der Waals surface area contributed by atoms with Crippen molar-refractivity contribution in [3.05, 3.63) is 12.2 Å². The van der Waals surface area contributed by atoms with Gasteiger partial charge in [0.2, 0.25) is 5.91 Å². The predicted octanol–water partition coefficient (Wildman–Crippen LogP) is 1.92. The maximum absolute atomic E-state index is 11.8. The van der Waals surface area contributed by atoms with Crippen molar-refractivity contribution in [1.29, 1.82) is 0 Å². The summed E-state index contributed by atoms with van der Waals surface area (Å²) in [5.41, 5.74) is 1.00. The van der Waals surface area contributed by atoms with Gasteiger partial charge in [-0.15, -0.1) is 11.8 Å². The van der Waals surface area contributed by atoms with Crippen LogP contribution in [0.3, 0.4) is 0 Å². The maximum atomic E-state index is 11.8. The van der Waals surface area contributed by atoms with E-state index in [1.807, 2.05) is 20.8 Å². The van der Waals surface area contributed by atoms with Crippen LogP contribution < -0.4 is 0 Å². The Morgan fingerprint density at radius 2 is 2.19 bits per heavy atom. The Kier molecular flexibility index (Phi) is 8.39.